The fraction of sp³-hybridized carbons (Fsp3) is 0.632. The number of piperidine rings is 1. The van der Waals surface area contributed by atoms with Crippen molar-refractivity contribution in [1.82, 2.24) is 4.90 Å². The molecule has 4 heteroatoms. The van der Waals surface area contributed by atoms with Crippen molar-refractivity contribution in [3.05, 3.63) is 29.8 Å². The molecule has 2 unspecified atom stereocenters. The van der Waals surface area contributed by atoms with E-state index in [9.17, 15) is 9.90 Å². The first-order chi connectivity index (χ1) is 10.8. The van der Waals surface area contributed by atoms with Crippen LogP contribution in [0.3, 0.4) is 0 Å². The molecule has 1 aromatic carbocycles. The van der Waals surface area contributed by atoms with Crippen LogP contribution in [-0.2, 0) is 10.2 Å². The Balaban J connectivity index is 1.87. The maximum atomic E-state index is 12.2. The fourth-order valence-corrected chi connectivity index (χ4v) is 3.09. The smallest absolute Gasteiger partial charge is 0.238 e. The zero-order valence-electron chi connectivity index (χ0n) is 14.8. The third-order valence-corrected chi connectivity index (χ3v) is 4.63. The van der Waals surface area contributed by atoms with Crippen molar-refractivity contribution in [3.63, 3.8) is 0 Å². The highest BCUT2D eigenvalue weighted by molar-refractivity contribution is 5.92. The molecule has 1 aliphatic rings. The highest BCUT2D eigenvalue weighted by Gasteiger charge is 2.24. The average molecular weight is 318 g/mol. The zero-order valence-corrected chi connectivity index (χ0v) is 14.8. The summed E-state index contributed by atoms with van der Waals surface area (Å²) >= 11 is 0. The van der Waals surface area contributed by atoms with Gasteiger partial charge >= 0.3 is 0 Å². The van der Waals surface area contributed by atoms with Gasteiger partial charge in [0.2, 0.25) is 5.91 Å². The molecule has 1 heterocycles. The summed E-state index contributed by atoms with van der Waals surface area (Å²) < 4.78 is 0. The molecule has 1 aromatic rings. The summed E-state index contributed by atoms with van der Waals surface area (Å²) in [6, 6.07) is 8.07. The van der Waals surface area contributed by atoms with Crippen molar-refractivity contribution in [2.45, 2.75) is 52.1 Å². The van der Waals surface area contributed by atoms with E-state index in [2.05, 4.69) is 43.1 Å². The van der Waals surface area contributed by atoms with Gasteiger partial charge in [-0.3, -0.25) is 9.69 Å². The van der Waals surface area contributed by atoms with Gasteiger partial charge in [0.15, 0.2) is 0 Å². The van der Waals surface area contributed by atoms with Gasteiger partial charge in [0.1, 0.15) is 0 Å². The SMILES string of the molecule is CC(O)C1CCCN(CC(=O)Nc2ccc(C(C)(C)C)cc2)C1. The molecule has 1 aliphatic heterocycles. The number of carbonyl (C=O) groups is 1. The van der Waals surface area contributed by atoms with Gasteiger partial charge < -0.3 is 10.4 Å². The summed E-state index contributed by atoms with van der Waals surface area (Å²) in [5, 5.41) is 12.7. The van der Waals surface area contributed by atoms with Gasteiger partial charge in [0, 0.05) is 12.2 Å². The number of aliphatic hydroxyl groups excluding tert-OH is 1. The molecule has 2 atom stereocenters. The van der Waals surface area contributed by atoms with Crippen molar-refractivity contribution in [2.24, 2.45) is 5.92 Å². The van der Waals surface area contributed by atoms with E-state index in [1.807, 2.05) is 19.1 Å². The molecule has 0 bridgehead atoms. The molecule has 2 N–H and O–H groups in total. The standard InChI is InChI=1S/C19H30N2O2/c1-14(22)15-6-5-11-21(12-15)13-18(23)20-17-9-7-16(8-10-17)19(2,3)4/h7-10,14-15,22H,5-6,11-13H2,1-4H3,(H,20,23). The van der Waals surface area contributed by atoms with Crippen LogP contribution in [0.25, 0.3) is 0 Å². The van der Waals surface area contributed by atoms with Crippen molar-refractivity contribution >= 4 is 11.6 Å². The lowest BCUT2D eigenvalue weighted by atomic mass is 9.87. The maximum absolute atomic E-state index is 12.2. The Morgan fingerprint density at radius 2 is 2.00 bits per heavy atom. The first kappa shape index (κ1) is 18.0. The van der Waals surface area contributed by atoms with Gasteiger partial charge in [0.25, 0.3) is 0 Å². The van der Waals surface area contributed by atoms with Crippen molar-refractivity contribution in [2.75, 3.05) is 25.0 Å². The fourth-order valence-electron chi connectivity index (χ4n) is 3.09. The predicted molar refractivity (Wildman–Crippen MR) is 94.6 cm³/mol. The molecular weight excluding hydrogens is 288 g/mol. The number of hydrogen-bond donors (Lipinski definition) is 2. The minimum Gasteiger partial charge on any atom is -0.393 e. The van der Waals surface area contributed by atoms with Crippen LogP contribution in [0.1, 0.15) is 46.1 Å². The highest BCUT2D eigenvalue weighted by atomic mass is 16.3. The monoisotopic (exact) mass is 318 g/mol. The van der Waals surface area contributed by atoms with Gasteiger partial charge in [0.05, 0.1) is 12.6 Å². The lowest BCUT2D eigenvalue weighted by Crippen LogP contribution is -2.43. The van der Waals surface area contributed by atoms with Crippen LogP contribution in [0.15, 0.2) is 24.3 Å². The molecule has 0 aliphatic carbocycles. The summed E-state index contributed by atoms with van der Waals surface area (Å²) in [6.07, 6.45) is 1.79. The predicted octanol–water partition coefficient (Wildman–Crippen LogP) is 3.02. The number of aliphatic hydroxyl groups is 1. The van der Waals surface area contributed by atoms with Crippen LogP contribution in [-0.4, -0.2) is 41.7 Å². The van der Waals surface area contributed by atoms with Gasteiger partial charge in [-0.15, -0.1) is 0 Å². The Morgan fingerprint density at radius 3 is 2.57 bits per heavy atom. The molecule has 0 aromatic heterocycles. The third-order valence-electron chi connectivity index (χ3n) is 4.63. The first-order valence-electron chi connectivity index (χ1n) is 8.56. The van der Waals surface area contributed by atoms with Crippen LogP contribution in [0.2, 0.25) is 0 Å². The van der Waals surface area contributed by atoms with Crippen LogP contribution < -0.4 is 5.32 Å². The molecule has 1 saturated heterocycles. The van der Waals surface area contributed by atoms with E-state index in [4.69, 9.17) is 0 Å². The Morgan fingerprint density at radius 1 is 1.35 bits per heavy atom. The summed E-state index contributed by atoms with van der Waals surface area (Å²) in [7, 11) is 0. The second-order valence-electron chi connectivity index (χ2n) is 7.75. The van der Waals surface area contributed by atoms with Gasteiger partial charge in [-0.25, -0.2) is 0 Å². The Bertz CT molecular complexity index is 517. The van der Waals surface area contributed by atoms with Crippen LogP contribution in [0.5, 0.6) is 0 Å². The second kappa shape index (κ2) is 7.45. The normalized spacial score (nSPS) is 21.0. The molecule has 2 rings (SSSR count). The summed E-state index contributed by atoms with van der Waals surface area (Å²) in [4.78, 5) is 14.4. The molecule has 4 nitrogen and oxygen atoms in total. The number of nitrogens with one attached hydrogen (secondary N) is 1. The second-order valence-corrected chi connectivity index (χ2v) is 7.75. The quantitative estimate of drug-likeness (QED) is 0.897. The molecular formula is C19H30N2O2. The van der Waals surface area contributed by atoms with E-state index >= 15 is 0 Å². The molecule has 0 spiro atoms. The molecule has 0 saturated carbocycles. The first-order valence-corrected chi connectivity index (χ1v) is 8.56. The van der Waals surface area contributed by atoms with E-state index in [0.717, 1.165) is 31.6 Å². The minimum atomic E-state index is -0.300. The number of benzene rings is 1. The van der Waals surface area contributed by atoms with E-state index < -0.39 is 0 Å². The number of rotatable bonds is 4. The third kappa shape index (κ3) is 5.33. The molecule has 0 radical (unpaired) electrons. The van der Waals surface area contributed by atoms with Gasteiger partial charge in [-0.1, -0.05) is 32.9 Å². The number of hydrogen-bond acceptors (Lipinski definition) is 3. The Hall–Kier alpha value is -1.39. The van der Waals surface area contributed by atoms with Crippen molar-refractivity contribution in [3.8, 4) is 0 Å². The average Bonchev–Trinajstić information content (AvgIpc) is 2.47. The number of amides is 1. The topological polar surface area (TPSA) is 52.6 Å². The van der Waals surface area contributed by atoms with E-state index in [1.54, 1.807) is 0 Å². The number of carbonyl (C=O) groups excluding carboxylic acids is 1. The van der Waals surface area contributed by atoms with E-state index in [0.29, 0.717) is 6.54 Å². The van der Waals surface area contributed by atoms with Crippen LogP contribution in [0.4, 0.5) is 5.69 Å². The van der Waals surface area contributed by atoms with Crippen LogP contribution in [0, 0.1) is 5.92 Å². The van der Waals surface area contributed by atoms with Crippen molar-refractivity contribution < 1.29 is 9.90 Å². The Labute approximate surface area is 139 Å². The summed E-state index contributed by atoms with van der Waals surface area (Å²) in [5.41, 5.74) is 2.21. The Kier molecular flexibility index (Phi) is 5.82. The lowest BCUT2D eigenvalue weighted by molar-refractivity contribution is -0.118. The molecule has 1 fully saturated rings. The largest absolute Gasteiger partial charge is 0.393 e. The van der Waals surface area contributed by atoms with Crippen molar-refractivity contribution in [1.29, 1.82) is 0 Å². The van der Waals surface area contributed by atoms with Gasteiger partial charge in [-0.05, 0) is 55.3 Å². The molecule has 23 heavy (non-hydrogen) atoms. The number of nitrogens with zero attached hydrogens (tertiary/aromatic N) is 1. The molecule has 128 valence electrons. The lowest BCUT2D eigenvalue weighted by Gasteiger charge is -2.33. The number of likely N-dealkylation sites (tertiary alicyclic amines) is 1. The highest BCUT2D eigenvalue weighted by Crippen LogP contribution is 2.23. The minimum absolute atomic E-state index is 0.0137. The summed E-state index contributed by atoms with van der Waals surface area (Å²) in [6.45, 7) is 10.5. The molecule has 1 amide bonds. The summed E-state index contributed by atoms with van der Waals surface area (Å²) in [5.74, 6) is 0.294. The number of anilines is 1. The van der Waals surface area contributed by atoms with E-state index in [1.165, 1.54) is 5.56 Å². The van der Waals surface area contributed by atoms with E-state index in [-0.39, 0.29) is 23.3 Å². The van der Waals surface area contributed by atoms with Gasteiger partial charge in [-0.2, -0.15) is 0 Å². The maximum Gasteiger partial charge on any atom is 0.238 e. The zero-order chi connectivity index (χ0) is 17.0. The van der Waals surface area contributed by atoms with Crippen LogP contribution >= 0.6 is 0 Å².